The second-order valence-corrected chi connectivity index (χ2v) is 6.52. The molecule has 0 N–H and O–H groups in total. The van der Waals surface area contributed by atoms with E-state index in [0.29, 0.717) is 6.54 Å². The van der Waals surface area contributed by atoms with Gasteiger partial charge in [-0.3, -0.25) is 4.79 Å². The Morgan fingerprint density at radius 2 is 1.40 bits per heavy atom. The smallest absolute Gasteiger partial charge is 0.242 e. The minimum Gasteiger partial charge on any atom is -0.307 e. The number of para-hydroxylation sites is 1. The molecular weight excluding hydrogens is 306 g/mol. The third-order valence-corrected chi connectivity index (χ3v) is 5.25. The number of amides is 1. The zero-order valence-electron chi connectivity index (χ0n) is 14.4. The molecule has 4 rings (SSSR count). The molecule has 0 spiro atoms. The van der Waals surface area contributed by atoms with Crippen molar-refractivity contribution in [2.24, 2.45) is 0 Å². The van der Waals surface area contributed by atoms with Crippen LogP contribution in [0, 0.1) is 0 Å². The van der Waals surface area contributed by atoms with E-state index < -0.39 is 5.41 Å². The fourth-order valence-electron chi connectivity index (χ4n) is 4.00. The Balaban J connectivity index is 1.86. The zero-order chi connectivity index (χ0) is 17.3. The van der Waals surface area contributed by atoms with Crippen LogP contribution in [0.2, 0.25) is 0 Å². The largest absolute Gasteiger partial charge is 0.307 e. The maximum Gasteiger partial charge on any atom is 0.242 e. The van der Waals surface area contributed by atoms with Crippen molar-refractivity contribution in [2.45, 2.75) is 25.3 Å². The van der Waals surface area contributed by atoms with E-state index in [4.69, 9.17) is 0 Å². The summed E-state index contributed by atoms with van der Waals surface area (Å²) in [6, 6.07) is 28.6. The number of hydrogen-bond donors (Lipinski definition) is 0. The summed E-state index contributed by atoms with van der Waals surface area (Å²) in [5, 5.41) is 0. The third-order valence-electron chi connectivity index (χ3n) is 5.25. The van der Waals surface area contributed by atoms with Gasteiger partial charge in [0, 0.05) is 5.69 Å². The van der Waals surface area contributed by atoms with Crippen LogP contribution in [0.3, 0.4) is 0 Å². The molecule has 0 radical (unpaired) electrons. The number of benzene rings is 3. The van der Waals surface area contributed by atoms with Crippen LogP contribution >= 0.6 is 0 Å². The molecule has 2 heteroatoms. The summed E-state index contributed by atoms with van der Waals surface area (Å²) in [7, 11) is 0. The highest BCUT2D eigenvalue weighted by molar-refractivity contribution is 6.10. The summed E-state index contributed by atoms with van der Waals surface area (Å²) in [6.45, 7) is 2.71. The van der Waals surface area contributed by atoms with E-state index in [1.54, 1.807) is 0 Å². The fraction of sp³-hybridized carbons (Fsp3) is 0.174. The molecule has 0 saturated heterocycles. The number of carbonyl (C=O) groups is 1. The molecule has 25 heavy (non-hydrogen) atoms. The van der Waals surface area contributed by atoms with Crippen molar-refractivity contribution in [1.29, 1.82) is 0 Å². The van der Waals surface area contributed by atoms with E-state index in [9.17, 15) is 4.79 Å². The van der Waals surface area contributed by atoms with Crippen LogP contribution in [-0.4, -0.2) is 5.91 Å². The minimum atomic E-state index is -0.591. The van der Waals surface area contributed by atoms with Crippen LogP contribution in [0.1, 0.15) is 30.0 Å². The Hall–Kier alpha value is -2.87. The number of rotatable bonds is 4. The lowest BCUT2D eigenvalue weighted by molar-refractivity contribution is -0.122. The van der Waals surface area contributed by atoms with Crippen LogP contribution in [0.5, 0.6) is 0 Å². The molecule has 0 aliphatic carbocycles. The second-order valence-electron chi connectivity index (χ2n) is 6.52. The Labute approximate surface area is 148 Å². The van der Waals surface area contributed by atoms with Crippen molar-refractivity contribution in [2.75, 3.05) is 4.90 Å². The molecule has 1 atom stereocenters. The molecule has 0 aromatic heterocycles. The first-order valence-electron chi connectivity index (χ1n) is 8.78. The fourth-order valence-corrected chi connectivity index (χ4v) is 4.00. The van der Waals surface area contributed by atoms with Gasteiger partial charge in [-0.15, -0.1) is 0 Å². The number of fused-ring (bicyclic) bond motifs is 1. The molecule has 0 fully saturated rings. The predicted octanol–water partition coefficient (Wildman–Crippen LogP) is 4.93. The molecule has 1 heterocycles. The van der Waals surface area contributed by atoms with Gasteiger partial charge in [-0.1, -0.05) is 85.8 Å². The van der Waals surface area contributed by atoms with E-state index in [-0.39, 0.29) is 5.91 Å². The Kier molecular flexibility index (Phi) is 3.89. The molecule has 1 aliphatic rings. The average molecular weight is 327 g/mol. The van der Waals surface area contributed by atoms with Gasteiger partial charge in [-0.05, 0) is 29.2 Å². The van der Waals surface area contributed by atoms with Gasteiger partial charge in [0.25, 0.3) is 0 Å². The lowest BCUT2D eigenvalue weighted by atomic mass is 9.73. The quantitative estimate of drug-likeness (QED) is 0.665. The monoisotopic (exact) mass is 327 g/mol. The third kappa shape index (κ3) is 2.37. The van der Waals surface area contributed by atoms with Gasteiger partial charge >= 0.3 is 0 Å². The molecule has 2 nitrogen and oxygen atoms in total. The molecule has 0 saturated carbocycles. The number of hydrogen-bond acceptors (Lipinski definition) is 1. The normalized spacial score (nSPS) is 19.1. The van der Waals surface area contributed by atoms with Crippen LogP contribution < -0.4 is 4.90 Å². The van der Waals surface area contributed by atoms with Gasteiger partial charge in [0.1, 0.15) is 5.41 Å². The second kappa shape index (κ2) is 6.21. The molecule has 124 valence electrons. The van der Waals surface area contributed by atoms with Crippen molar-refractivity contribution < 1.29 is 4.79 Å². The maximum atomic E-state index is 13.6. The van der Waals surface area contributed by atoms with Crippen LogP contribution in [-0.2, 0) is 16.8 Å². The summed E-state index contributed by atoms with van der Waals surface area (Å²) in [5.41, 5.74) is 3.77. The Bertz CT molecular complexity index is 888. The highest BCUT2D eigenvalue weighted by Crippen LogP contribution is 2.48. The molecule has 3 aromatic carbocycles. The lowest BCUT2D eigenvalue weighted by Gasteiger charge is -2.28. The highest BCUT2D eigenvalue weighted by Gasteiger charge is 2.50. The number of nitrogens with zero attached hydrogens (tertiary/aromatic N) is 1. The van der Waals surface area contributed by atoms with Gasteiger partial charge in [0.2, 0.25) is 5.91 Å². The summed E-state index contributed by atoms with van der Waals surface area (Å²) >= 11 is 0. The Morgan fingerprint density at radius 1 is 0.800 bits per heavy atom. The first-order chi connectivity index (χ1) is 12.3. The van der Waals surface area contributed by atoms with Crippen molar-refractivity contribution in [1.82, 2.24) is 0 Å². The standard InChI is InChI=1S/C23H21NO/c1-2-23(19-13-7-4-8-14-19)20-15-9-10-16-21(20)24(22(23)25)17-18-11-5-3-6-12-18/h3-16H,2,17H2,1H3. The molecule has 1 amide bonds. The van der Waals surface area contributed by atoms with Crippen molar-refractivity contribution in [3.05, 3.63) is 102 Å². The van der Waals surface area contributed by atoms with E-state index >= 15 is 0 Å². The van der Waals surface area contributed by atoms with Crippen LogP contribution in [0.25, 0.3) is 0 Å². The van der Waals surface area contributed by atoms with Crippen molar-refractivity contribution >= 4 is 11.6 Å². The zero-order valence-corrected chi connectivity index (χ0v) is 14.4. The first-order valence-corrected chi connectivity index (χ1v) is 8.78. The SMILES string of the molecule is CCC1(c2ccccc2)C(=O)N(Cc2ccccc2)c2ccccc21. The molecule has 1 aliphatic heterocycles. The van der Waals surface area contributed by atoms with Crippen molar-refractivity contribution in [3.8, 4) is 0 Å². The van der Waals surface area contributed by atoms with E-state index in [0.717, 1.165) is 28.8 Å². The summed E-state index contributed by atoms with van der Waals surface area (Å²) in [6.07, 6.45) is 0.748. The summed E-state index contributed by atoms with van der Waals surface area (Å²) in [5.74, 6) is 0.172. The Morgan fingerprint density at radius 3 is 2.08 bits per heavy atom. The number of anilines is 1. The first kappa shape index (κ1) is 15.6. The van der Waals surface area contributed by atoms with Gasteiger partial charge < -0.3 is 4.90 Å². The topological polar surface area (TPSA) is 20.3 Å². The van der Waals surface area contributed by atoms with Gasteiger partial charge in [0.05, 0.1) is 6.54 Å². The summed E-state index contributed by atoms with van der Waals surface area (Å²) < 4.78 is 0. The lowest BCUT2D eigenvalue weighted by Crippen LogP contribution is -2.40. The van der Waals surface area contributed by atoms with Crippen LogP contribution in [0.4, 0.5) is 5.69 Å². The van der Waals surface area contributed by atoms with E-state index in [1.807, 2.05) is 53.4 Å². The van der Waals surface area contributed by atoms with Crippen molar-refractivity contribution in [3.63, 3.8) is 0 Å². The van der Waals surface area contributed by atoms with Crippen LogP contribution in [0.15, 0.2) is 84.9 Å². The average Bonchev–Trinajstić information content (AvgIpc) is 2.92. The minimum absolute atomic E-state index is 0.172. The maximum absolute atomic E-state index is 13.6. The van der Waals surface area contributed by atoms with E-state index in [2.05, 4.69) is 43.3 Å². The van der Waals surface area contributed by atoms with Gasteiger partial charge in [-0.2, -0.15) is 0 Å². The molecular formula is C23H21NO. The number of carbonyl (C=O) groups excluding carboxylic acids is 1. The van der Waals surface area contributed by atoms with Gasteiger partial charge in [0.15, 0.2) is 0 Å². The predicted molar refractivity (Wildman–Crippen MR) is 102 cm³/mol. The van der Waals surface area contributed by atoms with Gasteiger partial charge in [-0.25, -0.2) is 0 Å². The molecule has 3 aromatic rings. The van der Waals surface area contributed by atoms with E-state index in [1.165, 1.54) is 0 Å². The highest BCUT2D eigenvalue weighted by atomic mass is 16.2. The molecule has 0 bridgehead atoms. The molecule has 1 unspecified atom stereocenters. The summed E-state index contributed by atoms with van der Waals surface area (Å²) in [4.78, 5) is 15.6.